The topological polar surface area (TPSA) is 0 Å². The number of hydrogen-bond acceptors (Lipinski definition) is 0. The van der Waals surface area contributed by atoms with Crippen LogP contribution in [0.4, 0.5) is 0 Å². The van der Waals surface area contributed by atoms with Crippen molar-refractivity contribution < 1.29 is 0 Å². The van der Waals surface area contributed by atoms with Crippen molar-refractivity contribution in [2.24, 2.45) is 0 Å². The summed E-state index contributed by atoms with van der Waals surface area (Å²) in [6.07, 6.45) is 6.37. The first-order valence-corrected chi connectivity index (χ1v) is 5.04. The molecule has 0 aromatic carbocycles. The molecular weight excluding hydrogens is 144 g/mol. The van der Waals surface area contributed by atoms with Crippen LogP contribution in [0.1, 0.15) is 54.4 Å². The van der Waals surface area contributed by atoms with Gasteiger partial charge in [0.05, 0.1) is 0 Å². The highest BCUT2D eigenvalue weighted by Crippen LogP contribution is 2.02. The summed E-state index contributed by atoms with van der Waals surface area (Å²) in [6.45, 7) is 15.8. The first-order chi connectivity index (χ1) is 5.81. The normalized spacial score (nSPS) is 8.67. The van der Waals surface area contributed by atoms with E-state index in [1.807, 2.05) is 33.8 Å². The van der Waals surface area contributed by atoms with Crippen LogP contribution in [0.3, 0.4) is 0 Å². The Kier molecular flexibility index (Phi) is 32.8. The molecule has 0 unspecified atom stereocenters. The van der Waals surface area contributed by atoms with E-state index in [0.29, 0.717) is 0 Å². The minimum atomic E-state index is 1.11. The number of hydrogen-bond donors (Lipinski definition) is 0. The lowest BCUT2D eigenvalue weighted by molar-refractivity contribution is 0.976. The molecule has 0 N–H and O–H groups in total. The van der Waals surface area contributed by atoms with Gasteiger partial charge in [0.25, 0.3) is 0 Å². The molecule has 0 amide bonds. The predicted molar refractivity (Wildman–Crippen MR) is 61.6 cm³/mol. The Bertz CT molecular complexity index is 88.2. The van der Waals surface area contributed by atoms with Gasteiger partial charge in [0.2, 0.25) is 0 Å². The van der Waals surface area contributed by atoms with E-state index in [-0.39, 0.29) is 0 Å². The first kappa shape index (κ1) is 17.5. The van der Waals surface area contributed by atoms with Crippen molar-refractivity contribution in [2.75, 3.05) is 0 Å². The smallest absolute Gasteiger partial charge is 0.0289 e. The first-order valence-electron chi connectivity index (χ1n) is 5.04. The number of rotatable bonds is 3. The Labute approximate surface area is 79.4 Å². The highest BCUT2D eigenvalue weighted by atomic mass is 13.9. The second-order valence-electron chi connectivity index (χ2n) is 1.96. The van der Waals surface area contributed by atoms with Gasteiger partial charge in [-0.25, -0.2) is 0 Å². The maximum absolute atomic E-state index is 3.64. The van der Waals surface area contributed by atoms with Crippen LogP contribution in [-0.4, -0.2) is 0 Å². The summed E-state index contributed by atoms with van der Waals surface area (Å²) in [6, 6.07) is 0. The average molecular weight is 170 g/mol. The van der Waals surface area contributed by atoms with Crippen molar-refractivity contribution in [1.82, 2.24) is 0 Å². The van der Waals surface area contributed by atoms with E-state index < -0.39 is 0 Å². The molecule has 0 nitrogen and oxygen atoms in total. The zero-order valence-electron chi connectivity index (χ0n) is 9.78. The second kappa shape index (κ2) is 22.4. The third-order valence-corrected chi connectivity index (χ3v) is 1.24. The molecule has 0 radical (unpaired) electrons. The van der Waals surface area contributed by atoms with Gasteiger partial charge in [0.15, 0.2) is 0 Å². The summed E-state index contributed by atoms with van der Waals surface area (Å²) in [5.41, 5.74) is 1.45. The molecule has 0 saturated carbocycles. The summed E-state index contributed by atoms with van der Waals surface area (Å²) in [4.78, 5) is 0. The molecular formula is C12H26. The van der Waals surface area contributed by atoms with Crippen LogP contribution >= 0.6 is 0 Å². The Morgan fingerprint density at radius 3 is 1.83 bits per heavy atom. The highest BCUT2D eigenvalue weighted by molar-refractivity contribution is 4.96. The van der Waals surface area contributed by atoms with Gasteiger partial charge in [-0.2, -0.15) is 0 Å². The molecule has 0 fully saturated rings. The molecule has 0 aliphatic carbocycles. The van der Waals surface area contributed by atoms with Gasteiger partial charge in [-0.05, 0) is 26.7 Å². The van der Waals surface area contributed by atoms with Crippen LogP contribution in [0.5, 0.6) is 0 Å². The maximum Gasteiger partial charge on any atom is -0.0289 e. The van der Waals surface area contributed by atoms with Crippen molar-refractivity contribution in [1.29, 1.82) is 0 Å². The fourth-order valence-corrected chi connectivity index (χ4v) is 0.474. The summed E-state index contributed by atoms with van der Waals surface area (Å²) < 4.78 is 0. The van der Waals surface area contributed by atoms with E-state index in [4.69, 9.17) is 0 Å². The predicted octanol–water partition coefficient (Wildman–Crippen LogP) is 4.97. The van der Waals surface area contributed by atoms with E-state index in [9.17, 15) is 0 Å². The van der Waals surface area contributed by atoms with Crippen molar-refractivity contribution in [3.63, 3.8) is 0 Å². The summed E-state index contributed by atoms with van der Waals surface area (Å²) in [7, 11) is 0. The lowest BCUT2D eigenvalue weighted by atomic mass is 10.1. The van der Waals surface area contributed by atoms with Gasteiger partial charge in [-0.3, -0.25) is 0 Å². The fourth-order valence-electron chi connectivity index (χ4n) is 0.474. The van der Waals surface area contributed by atoms with Crippen LogP contribution in [0.2, 0.25) is 0 Å². The molecule has 0 aromatic heterocycles. The monoisotopic (exact) mass is 170 g/mol. The van der Waals surface area contributed by atoms with E-state index in [1.165, 1.54) is 12.0 Å². The Balaban J connectivity index is -0.000000175. The average Bonchev–Trinajstić information content (AvgIpc) is 2.20. The molecule has 0 aliphatic heterocycles. The van der Waals surface area contributed by atoms with Crippen molar-refractivity contribution in [3.8, 4) is 0 Å². The van der Waals surface area contributed by atoms with Gasteiger partial charge in [0.1, 0.15) is 0 Å². The lowest BCUT2D eigenvalue weighted by Crippen LogP contribution is -1.71. The molecule has 74 valence electrons. The molecule has 0 aliphatic rings. The van der Waals surface area contributed by atoms with Crippen LogP contribution in [-0.2, 0) is 0 Å². The quantitative estimate of drug-likeness (QED) is 0.524. The van der Waals surface area contributed by atoms with Crippen LogP contribution in [0.25, 0.3) is 0 Å². The molecule has 0 saturated heterocycles. The van der Waals surface area contributed by atoms with Gasteiger partial charge in [-0.15, -0.1) is 6.58 Å². The summed E-state index contributed by atoms with van der Waals surface area (Å²) >= 11 is 0. The van der Waals surface area contributed by atoms with Crippen molar-refractivity contribution in [2.45, 2.75) is 54.4 Å². The highest BCUT2D eigenvalue weighted by Gasteiger charge is 1.81. The summed E-state index contributed by atoms with van der Waals surface area (Å²) in [5.74, 6) is 0. The van der Waals surface area contributed by atoms with E-state index in [1.54, 1.807) is 0 Å². The third-order valence-electron chi connectivity index (χ3n) is 1.24. The zero-order valence-corrected chi connectivity index (χ0v) is 9.78. The molecule has 12 heavy (non-hydrogen) atoms. The molecule has 0 rings (SSSR count). The summed E-state index contributed by atoms with van der Waals surface area (Å²) in [5, 5.41) is 0. The largest absolute Gasteiger partial charge is 0.103 e. The Hall–Kier alpha value is -0.520. The van der Waals surface area contributed by atoms with Gasteiger partial charge in [-0.1, -0.05) is 45.4 Å². The van der Waals surface area contributed by atoms with E-state index in [0.717, 1.165) is 6.42 Å². The molecule has 0 aromatic rings. The molecule has 0 heteroatoms. The SMILES string of the molecule is C=CCC/C(C)=C\C.CC.CC. The van der Waals surface area contributed by atoms with E-state index in [2.05, 4.69) is 26.5 Å². The van der Waals surface area contributed by atoms with E-state index >= 15 is 0 Å². The second-order valence-corrected chi connectivity index (χ2v) is 1.96. The van der Waals surface area contributed by atoms with Crippen molar-refractivity contribution in [3.05, 3.63) is 24.3 Å². The molecule has 0 bridgehead atoms. The van der Waals surface area contributed by atoms with Crippen LogP contribution < -0.4 is 0 Å². The minimum Gasteiger partial charge on any atom is -0.103 e. The minimum absolute atomic E-state index is 1.11. The van der Waals surface area contributed by atoms with Crippen LogP contribution in [0.15, 0.2) is 24.3 Å². The van der Waals surface area contributed by atoms with Gasteiger partial charge >= 0.3 is 0 Å². The van der Waals surface area contributed by atoms with Gasteiger partial charge in [0, 0.05) is 0 Å². The lowest BCUT2D eigenvalue weighted by Gasteiger charge is -1.92. The van der Waals surface area contributed by atoms with Gasteiger partial charge < -0.3 is 0 Å². The number of allylic oxidation sites excluding steroid dienone is 3. The Morgan fingerprint density at radius 1 is 1.17 bits per heavy atom. The molecule has 0 atom stereocenters. The fraction of sp³-hybridized carbons (Fsp3) is 0.667. The standard InChI is InChI=1S/C8H14.2C2H6/c1-4-6-7-8(3)5-2;2*1-2/h4-5H,1,6-7H2,2-3H3;2*1-2H3/b8-5-;;. The molecule has 0 spiro atoms. The van der Waals surface area contributed by atoms with Crippen molar-refractivity contribution >= 4 is 0 Å². The Morgan fingerprint density at radius 2 is 1.58 bits per heavy atom. The van der Waals surface area contributed by atoms with Crippen LogP contribution in [0, 0.1) is 0 Å². The maximum atomic E-state index is 3.64. The third kappa shape index (κ3) is 22.7. The molecule has 0 heterocycles. The zero-order chi connectivity index (χ0) is 10.4.